The Kier molecular flexibility index (Phi) is 5.76. The van der Waals surface area contributed by atoms with Crippen LogP contribution in [-0.2, 0) is 11.8 Å². The van der Waals surface area contributed by atoms with Crippen molar-refractivity contribution in [3.05, 3.63) is 59.5 Å². The number of nitrogens with zero attached hydrogens (tertiary/aromatic N) is 4. The van der Waals surface area contributed by atoms with Gasteiger partial charge in [-0.15, -0.1) is 0 Å². The Morgan fingerprint density at radius 3 is 2.90 bits per heavy atom. The molecule has 156 valence electrons. The number of carbonyl (C=O) groups excluding carboxylic acids is 2. The molecule has 3 aromatic rings. The quantitative estimate of drug-likeness (QED) is 0.631. The summed E-state index contributed by atoms with van der Waals surface area (Å²) in [6.07, 6.45) is 4.13. The maximum absolute atomic E-state index is 12.8. The summed E-state index contributed by atoms with van der Waals surface area (Å²) in [5.41, 5.74) is 2.81. The maximum Gasteiger partial charge on any atom is 0.257 e. The summed E-state index contributed by atoms with van der Waals surface area (Å²) >= 11 is 0. The van der Waals surface area contributed by atoms with E-state index in [1.165, 1.54) is 0 Å². The number of carbonyl (C=O) groups is 2. The predicted molar refractivity (Wildman–Crippen MR) is 112 cm³/mol. The van der Waals surface area contributed by atoms with Crippen LogP contribution in [0, 0.1) is 0 Å². The Balaban J connectivity index is 1.58. The van der Waals surface area contributed by atoms with E-state index >= 15 is 0 Å². The zero-order valence-corrected chi connectivity index (χ0v) is 17.2. The number of hydrogen-bond acceptors (Lipinski definition) is 5. The van der Waals surface area contributed by atoms with Gasteiger partial charge in [-0.05, 0) is 18.6 Å². The smallest absolute Gasteiger partial charge is 0.257 e. The van der Waals surface area contributed by atoms with E-state index in [9.17, 15) is 9.59 Å². The first-order chi connectivity index (χ1) is 14.6. The van der Waals surface area contributed by atoms with Crippen LogP contribution >= 0.6 is 0 Å². The molecule has 2 aromatic heterocycles. The van der Waals surface area contributed by atoms with Gasteiger partial charge in [-0.3, -0.25) is 19.3 Å². The molecule has 0 bridgehead atoms. The molecule has 8 nitrogen and oxygen atoms in total. The minimum atomic E-state index is -0.145. The fourth-order valence-electron chi connectivity index (χ4n) is 3.86. The topological polar surface area (TPSA) is 89.4 Å². The second-order valence-corrected chi connectivity index (χ2v) is 7.50. The predicted octanol–water partition coefficient (Wildman–Crippen LogP) is 1.97. The van der Waals surface area contributed by atoms with Gasteiger partial charge in [0.1, 0.15) is 0 Å². The molecule has 8 heteroatoms. The van der Waals surface area contributed by atoms with Crippen LogP contribution < -0.4 is 5.32 Å². The molecule has 4 rings (SSSR count). The lowest BCUT2D eigenvalue weighted by molar-refractivity contribution is 0.0790. The van der Waals surface area contributed by atoms with E-state index in [-0.39, 0.29) is 17.7 Å². The summed E-state index contributed by atoms with van der Waals surface area (Å²) < 4.78 is 6.65. The lowest BCUT2D eigenvalue weighted by atomic mass is 9.99. The van der Waals surface area contributed by atoms with E-state index in [4.69, 9.17) is 9.72 Å². The molecule has 3 heterocycles. The number of aryl methyl sites for hydroxylation is 1. The van der Waals surface area contributed by atoms with Crippen LogP contribution in [0.25, 0.3) is 10.9 Å². The van der Waals surface area contributed by atoms with Gasteiger partial charge in [0.05, 0.1) is 29.4 Å². The average Bonchev–Trinajstić information content (AvgIpc) is 3.42. The van der Waals surface area contributed by atoms with E-state index in [2.05, 4.69) is 10.4 Å². The first-order valence-electron chi connectivity index (χ1n) is 10.0. The summed E-state index contributed by atoms with van der Waals surface area (Å²) in [4.78, 5) is 32.2. The number of rotatable bonds is 6. The molecule has 2 amide bonds. The van der Waals surface area contributed by atoms with Crippen LogP contribution in [0.2, 0.25) is 0 Å². The fraction of sp³-hybridized carbons (Fsp3) is 0.364. The summed E-state index contributed by atoms with van der Waals surface area (Å²) in [6, 6.07) is 9.51. The molecule has 1 aliphatic rings. The summed E-state index contributed by atoms with van der Waals surface area (Å²) in [5, 5.41) is 7.80. The Labute approximate surface area is 174 Å². The molecule has 0 spiro atoms. The van der Waals surface area contributed by atoms with Gasteiger partial charge in [-0.25, -0.2) is 0 Å². The lowest BCUT2D eigenvalue weighted by Gasteiger charge is -2.16. The highest BCUT2D eigenvalue weighted by Gasteiger charge is 2.30. The van der Waals surface area contributed by atoms with Gasteiger partial charge in [0.15, 0.2) is 0 Å². The van der Waals surface area contributed by atoms with E-state index in [0.717, 1.165) is 23.0 Å². The van der Waals surface area contributed by atoms with E-state index in [1.54, 1.807) is 31.2 Å². The molecule has 1 unspecified atom stereocenters. The SMILES string of the molecule is COCCNC(=O)c1cc(C2CCN(C(=O)c3cnn(C)c3)C2)nc2ccccc12. The monoisotopic (exact) mass is 407 g/mol. The molecule has 1 aromatic carbocycles. The van der Waals surface area contributed by atoms with Gasteiger partial charge in [0.2, 0.25) is 0 Å². The molecule has 1 aliphatic heterocycles. The minimum absolute atomic E-state index is 0.0241. The first-order valence-corrected chi connectivity index (χ1v) is 10.0. The number of hydrogen-bond donors (Lipinski definition) is 1. The highest BCUT2D eigenvalue weighted by atomic mass is 16.5. The van der Waals surface area contributed by atoms with Crippen molar-refractivity contribution in [2.45, 2.75) is 12.3 Å². The van der Waals surface area contributed by atoms with Crippen LogP contribution in [0.15, 0.2) is 42.7 Å². The molecular formula is C22H25N5O3. The lowest BCUT2D eigenvalue weighted by Crippen LogP contribution is -2.28. The largest absolute Gasteiger partial charge is 0.383 e. The molecule has 0 saturated carbocycles. The molecule has 30 heavy (non-hydrogen) atoms. The van der Waals surface area contributed by atoms with Crippen molar-refractivity contribution in [2.24, 2.45) is 7.05 Å². The summed E-state index contributed by atoms with van der Waals surface area (Å²) in [5.74, 6) is -0.0853. The second kappa shape index (κ2) is 8.62. The van der Waals surface area contributed by atoms with Crippen molar-refractivity contribution < 1.29 is 14.3 Å². The molecule has 0 aliphatic carbocycles. The van der Waals surface area contributed by atoms with Gasteiger partial charge < -0.3 is 15.0 Å². The van der Waals surface area contributed by atoms with Gasteiger partial charge in [0.25, 0.3) is 11.8 Å². The minimum Gasteiger partial charge on any atom is -0.383 e. The molecule has 1 N–H and O–H groups in total. The fourth-order valence-corrected chi connectivity index (χ4v) is 3.86. The molecule has 1 atom stereocenters. The molecule has 1 saturated heterocycles. The van der Waals surface area contributed by atoms with E-state index < -0.39 is 0 Å². The summed E-state index contributed by atoms with van der Waals surface area (Å²) in [6.45, 7) is 2.12. The number of benzene rings is 1. The third-order valence-corrected chi connectivity index (χ3v) is 5.42. The maximum atomic E-state index is 12.8. The second-order valence-electron chi connectivity index (χ2n) is 7.50. The van der Waals surface area contributed by atoms with Gasteiger partial charge in [-0.1, -0.05) is 18.2 Å². The Bertz CT molecular complexity index is 1080. The standard InChI is InChI=1S/C22H25N5O3/c1-26-13-16(12-24-26)22(29)27-9-7-15(14-27)20-11-18(21(28)23-8-10-30-2)17-5-3-4-6-19(17)25-20/h3-6,11-13,15H,7-10,14H2,1-2H3,(H,23,28). The summed E-state index contributed by atoms with van der Waals surface area (Å²) in [7, 11) is 3.40. The van der Waals surface area contributed by atoms with Crippen molar-refractivity contribution in [3.63, 3.8) is 0 Å². The van der Waals surface area contributed by atoms with Gasteiger partial charge in [-0.2, -0.15) is 5.10 Å². The molecule has 0 radical (unpaired) electrons. The van der Waals surface area contributed by atoms with Crippen LogP contribution in [0.3, 0.4) is 0 Å². The normalized spacial score (nSPS) is 16.2. The molecule has 1 fully saturated rings. The number of para-hydroxylation sites is 1. The Hall–Kier alpha value is -3.26. The van der Waals surface area contributed by atoms with Crippen LogP contribution in [0.4, 0.5) is 0 Å². The van der Waals surface area contributed by atoms with E-state index in [0.29, 0.717) is 37.4 Å². The van der Waals surface area contributed by atoms with Crippen molar-refractivity contribution in [1.29, 1.82) is 0 Å². The number of methoxy groups -OCH3 is 1. The van der Waals surface area contributed by atoms with Gasteiger partial charge in [0, 0.05) is 57.0 Å². The first kappa shape index (κ1) is 20.0. The number of nitrogens with one attached hydrogen (secondary N) is 1. The third-order valence-electron chi connectivity index (χ3n) is 5.42. The number of pyridine rings is 1. The van der Waals surface area contributed by atoms with E-state index in [1.807, 2.05) is 35.2 Å². The van der Waals surface area contributed by atoms with Crippen molar-refractivity contribution >= 4 is 22.7 Å². The number of amides is 2. The average molecular weight is 407 g/mol. The highest BCUT2D eigenvalue weighted by Crippen LogP contribution is 2.30. The zero-order valence-electron chi connectivity index (χ0n) is 17.2. The van der Waals surface area contributed by atoms with Crippen LogP contribution in [0.1, 0.15) is 38.7 Å². The Morgan fingerprint density at radius 1 is 1.30 bits per heavy atom. The Morgan fingerprint density at radius 2 is 2.13 bits per heavy atom. The number of fused-ring (bicyclic) bond motifs is 1. The number of ether oxygens (including phenoxy) is 1. The number of aromatic nitrogens is 3. The van der Waals surface area contributed by atoms with Crippen LogP contribution in [0.5, 0.6) is 0 Å². The van der Waals surface area contributed by atoms with Gasteiger partial charge >= 0.3 is 0 Å². The van der Waals surface area contributed by atoms with Crippen molar-refractivity contribution in [2.75, 3.05) is 33.4 Å². The molecular weight excluding hydrogens is 382 g/mol. The van der Waals surface area contributed by atoms with Crippen molar-refractivity contribution in [3.8, 4) is 0 Å². The zero-order chi connectivity index (χ0) is 21.1. The highest BCUT2D eigenvalue weighted by molar-refractivity contribution is 6.06. The van der Waals surface area contributed by atoms with Crippen molar-refractivity contribution in [1.82, 2.24) is 25.0 Å². The third kappa shape index (κ3) is 4.04. The van der Waals surface area contributed by atoms with Crippen LogP contribution in [-0.4, -0.2) is 64.8 Å². The number of likely N-dealkylation sites (tertiary alicyclic amines) is 1.